The third-order valence-corrected chi connectivity index (χ3v) is 4.08. The lowest BCUT2D eigenvalue weighted by Gasteiger charge is -2.11. The minimum Gasteiger partial charge on any atom is -0.497 e. The van der Waals surface area contributed by atoms with Crippen molar-refractivity contribution in [2.45, 2.75) is 0 Å². The van der Waals surface area contributed by atoms with Gasteiger partial charge in [-0.1, -0.05) is 17.7 Å². The smallest absolute Gasteiger partial charge is 0.142 e. The standard InChI is InChI=1S/C19H13ClFN3O/c1-25-13-5-2-11(3-6-13)18-9-14(15(10-22)19(23)24-18)12-4-7-16(20)17(21)8-12/h2-9H,1H3,(H2,23,24). The average Bonchev–Trinajstić information content (AvgIpc) is 2.63. The maximum Gasteiger partial charge on any atom is 0.142 e. The molecule has 0 fully saturated rings. The van der Waals surface area contributed by atoms with Gasteiger partial charge in [-0.3, -0.25) is 0 Å². The molecule has 0 saturated carbocycles. The Hall–Kier alpha value is -3.10. The molecule has 0 bridgehead atoms. The first kappa shape index (κ1) is 16.7. The zero-order chi connectivity index (χ0) is 18.0. The van der Waals surface area contributed by atoms with Crippen molar-refractivity contribution in [2.75, 3.05) is 12.8 Å². The fourth-order valence-corrected chi connectivity index (χ4v) is 2.60. The summed E-state index contributed by atoms with van der Waals surface area (Å²) in [5.41, 5.74) is 8.52. The average molecular weight is 354 g/mol. The van der Waals surface area contributed by atoms with Crippen molar-refractivity contribution in [3.8, 4) is 34.2 Å². The lowest BCUT2D eigenvalue weighted by atomic mass is 9.98. The number of aromatic nitrogens is 1. The van der Waals surface area contributed by atoms with E-state index in [-0.39, 0.29) is 16.4 Å². The zero-order valence-electron chi connectivity index (χ0n) is 13.3. The normalized spacial score (nSPS) is 10.3. The third kappa shape index (κ3) is 3.25. The van der Waals surface area contributed by atoms with Crippen molar-refractivity contribution in [2.24, 2.45) is 0 Å². The van der Waals surface area contributed by atoms with Gasteiger partial charge >= 0.3 is 0 Å². The molecule has 0 aliphatic rings. The van der Waals surface area contributed by atoms with E-state index in [4.69, 9.17) is 22.1 Å². The number of benzene rings is 2. The molecule has 3 rings (SSSR count). The molecule has 3 aromatic rings. The Morgan fingerprint density at radius 3 is 2.40 bits per heavy atom. The van der Waals surface area contributed by atoms with E-state index >= 15 is 0 Å². The monoisotopic (exact) mass is 353 g/mol. The minimum absolute atomic E-state index is 0.0136. The van der Waals surface area contributed by atoms with Crippen LogP contribution in [-0.4, -0.2) is 12.1 Å². The molecule has 2 aromatic carbocycles. The first-order valence-electron chi connectivity index (χ1n) is 7.34. The predicted molar refractivity (Wildman–Crippen MR) is 95.8 cm³/mol. The summed E-state index contributed by atoms with van der Waals surface area (Å²) >= 11 is 5.74. The van der Waals surface area contributed by atoms with Gasteiger partial charge in [0.1, 0.15) is 29.0 Å². The summed E-state index contributed by atoms with van der Waals surface area (Å²) in [6.45, 7) is 0. The van der Waals surface area contributed by atoms with Gasteiger partial charge in [-0.25, -0.2) is 9.37 Å². The molecule has 4 nitrogen and oxygen atoms in total. The number of anilines is 1. The van der Waals surface area contributed by atoms with Crippen molar-refractivity contribution in [1.82, 2.24) is 4.98 Å². The summed E-state index contributed by atoms with van der Waals surface area (Å²) in [7, 11) is 1.58. The van der Waals surface area contributed by atoms with Crippen LogP contribution in [0.4, 0.5) is 10.2 Å². The van der Waals surface area contributed by atoms with Crippen LogP contribution < -0.4 is 10.5 Å². The molecule has 2 N–H and O–H groups in total. The Labute approximate surface area is 149 Å². The Kier molecular flexibility index (Phi) is 4.55. The summed E-state index contributed by atoms with van der Waals surface area (Å²) in [5, 5.41) is 9.42. The number of halogens is 2. The van der Waals surface area contributed by atoms with Crippen LogP contribution in [0.25, 0.3) is 22.4 Å². The van der Waals surface area contributed by atoms with Crippen molar-refractivity contribution in [1.29, 1.82) is 5.26 Å². The van der Waals surface area contributed by atoms with Gasteiger partial charge < -0.3 is 10.5 Å². The molecular formula is C19H13ClFN3O. The number of nitrogens with two attached hydrogens (primary N) is 1. The van der Waals surface area contributed by atoms with E-state index in [0.717, 1.165) is 5.56 Å². The fourth-order valence-electron chi connectivity index (χ4n) is 2.48. The van der Waals surface area contributed by atoms with Gasteiger partial charge in [0.25, 0.3) is 0 Å². The van der Waals surface area contributed by atoms with E-state index in [0.29, 0.717) is 22.6 Å². The first-order chi connectivity index (χ1) is 12.0. The summed E-state index contributed by atoms with van der Waals surface area (Å²) in [6.07, 6.45) is 0. The van der Waals surface area contributed by atoms with Crippen molar-refractivity contribution >= 4 is 17.4 Å². The number of hydrogen-bond acceptors (Lipinski definition) is 4. The number of nitriles is 1. The van der Waals surface area contributed by atoms with Crippen LogP contribution in [-0.2, 0) is 0 Å². The van der Waals surface area contributed by atoms with Crippen LogP contribution in [0, 0.1) is 17.1 Å². The maximum atomic E-state index is 13.8. The Balaban J connectivity index is 2.18. The summed E-state index contributed by atoms with van der Waals surface area (Å²) < 4.78 is 19.0. The second-order valence-electron chi connectivity index (χ2n) is 5.28. The number of methoxy groups -OCH3 is 1. The van der Waals surface area contributed by atoms with Gasteiger partial charge in [0, 0.05) is 11.1 Å². The SMILES string of the molecule is COc1ccc(-c2cc(-c3ccc(Cl)c(F)c3)c(C#N)c(N)n2)cc1. The Morgan fingerprint density at radius 2 is 1.80 bits per heavy atom. The van der Waals surface area contributed by atoms with Crippen LogP contribution in [0.1, 0.15) is 5.56 Å². The molecule has 25 heavy (non-hydrogen) atoms. The largest absolute Gasteiger partial charge is 0.497 e. The molecule has 6 heteroatoms. The van der Waals surface area contributed by atoms with E-state index in [1.54, 1.807) is 31.4 Å². The summed E-state index contributed by atoms with van der Waals surface area (Å²) in [4.78, 5) is 4.29. The molecule has 1 heterocycles. The van der Waals surface area contributed by atoms with Crippen molar-refractivity contribution in [3.63, 3.8) is 0 Å². The number of rotatable bonds is 3. The van der Waals surface area contributed by atoms with Crippen molar-refractivity contribution in [3.05, 3.63) is 64.9 Å². The minimum atomic E-state index is -0.565. The van der Waals surface area contributed by atoms with E-state index < -0.39 is 5.82 Å². The van der Waals surface area contributed by atoms with Crippen LogP contribution in [0.5, 0.6) is 5.75 Å². The van der Waals surface area contributed by atoms with Crippen molar-refractivity contribution < 1.29 is 9.13 Å². The highest BCUT2D eigenvalue weighted by molar-refractivity contribution is 6.30. The Morgan fingerprint density at radius 1 is 1.12 bits per heavy atom. The van der Waals surface area contributed by atoms with Gasteiger partial charge in [-0.15, -0.1) is 0 Å². The van der Waals surface area contributed by atoms with E-state index in [1.165, 1.54) is 12.1 Å². The lowest BCUT2D eigenvalue weighted by molar-refractivity contribution is 0.415. The van der Waals surface area contributed by atoms with Gasteiger partial charge in [0.2, 0.25) is 0 Å². The molecule has 0 radical (unpaired) electrons. The molecule has 0 amide bonds. The number of pyridine rings is 1. The second-order valence-corrected chi connectivity index (χ2v) is 5.69. The van der Waals surface area contributed by atoms with E-state index in [1.807, 2.05) is 18.2 Å². The molecule has 124 valence electrons. The molecule has 0 atom stereocenters. The summed E-state index contributed by atoms with van der Waals surface area (Å²) in [6, 6.07) is 15.4. The fraction of sp³-hybridized carbons (Fsp3) is 0.0526. The van der Waals surface area contributed by atoms with Gasteiger partial charge in [0.15, 0.2) is 0 Å². The highest BCUT2D eigenvalue weighted by Gasteiger charge is 2.14. The Bertz CT molecular complexity index is 981. The van der Waals surface area contributed by atoms with Gasteiger partial charge in [-0.05, 0) is 48.0 Å². The topological polar surface area (TPSA) is 71.9 Å². The lowest BCUT2D eigenvalue weighted by Crippen LogP contribution is -2.00. The van der Waals surface area contributed by atoms with E-state index in [9.17, 15) is 9.65 Å². The van der Waals surface area contributed by atoms with Gasteiger partial charge in [-0.2, -0.15) is 5.26 Å². The third-order valence-electron chi connectivity index (χ3n) is 3.78. The highest BCUT2D eigenvalue weighted by atomic mass is 35.5. The van der Waals surface area contributed by atoms with Crippen LogP contribution in [0.2, 0.25) is 5.02 Å². The summed E-state index contributed by atoms with van der Waals surface area (Å²) in [5.74, 6) is 0.232. The number of ether oxygens (including phenoxy) is 1. The molecule has 0 aliphatic carbocycles. The molecule has 0 saturated heterocycles. The predicted octanol–water partition coefficient (Wildman–Crippen LogP) is 4.67. The quantitative estimate of drug-likeness (QED) is 0.742. The molecule has 0 spiro atoms. The molecule has 1 aromatic heterocycles. The van der Waals surface area contributed by atoms with Crippen LogP contribution in [0.15, 0.2) is 48.5 Å². The highest BCUT2D eigenvalue weighted by Crippen LogP contribution is 2.33. The number of hydrogen-bond donors (Lipinski definition) is 1. The van der Waals surface area contributed by atoms with E-state index in [2.05, 4.69) is 4.98 Å². The second kappa shape index (κ2) is 6.80. The number of nitrogen functional groups attached to an aromatic ring is 1. The zero-order valence-corrected chi connectivity index (χ0v) is 14.0. The van der Waals surface area contributed by atoms with Gasteiger partial charge in [0.05, 0.1) is 17.8 Å². The maximum absolute atomic E-state index is 13.8. The van der Waals surface area contributed by atoms with Crippen LogP contribution in [0.3, 0.4) is 0 Å². The molecule has 0 aliphatic heterocycles. The molecular weight excluding hydrogens is 341 g/mol. The molecule has 0 unspecified atom stereocenters. The number of nitrogens with zero attached hydrogens (tertiary/aromatic N) is 2. The first-order valence-corrected chi connectivity index (χ1v) is 7.71. The van der Waals surface area contributed by atoms with Crippen LogP contribution >= 0.6 is 11.6 Å².